The third kappa shape index (κ3) is 3.23. The van der Waals surface area contributed by atoms with E-state index in [1.165, 1.54) is 24.8 Å². The SMILES string of the molecule is Cc1ccc(C(=O)N[C@H]2CC3(CCCCC3)Oc3ccccc32)cc1C. The molecule has 0 radical (unpaired) electrons. The minimum Gasteiger partial charge on any atom is -0.487 e. The highest BCUT2D eigenvalue weighted by molar-refractivity contribution is 5.94. The molecule has 4 rings (SSSR count). The number of benzene rings is 2. The van der Waals surface area contributed by atoms with Crippen LogP contribution in [0.1, 0.15) is 71.6 Å². The Morgan fingerprint density at radius 1 is 1.04 bits per heavy atom. The van der Waals surface area contributed by atoms with E-state index in [-0.39, 0.29) is 17.6 Å². The van der Waals surface area contributed by atoms with E-state index in [4.69, 9.17) is 4.74 Å². The molecule has 136 valence electrons. The van der Waals surface area contributed by atoms with E-state index in [1.54, 1.807) is 0 Å². The largest absolute Gasteiger partial charge is 0.487 e. The summed E-state index contributed by atoms with van der Waals surface area (Å²) in [6.45, 7) is 4.12. The van der Waals surface area contributed by atoms with Gasteiger partial charge in [-0.25, -0.2) is 0 Å². The second-order valence-corrected chi connectivity index (χ2v) is 7.91. The fourth-order valence-electron chi connectivity index (χ4n) is 4.37. The summed E-state index contributed by atoms with van der Waals surface area (Å²) in [7, 11) is 0. The molecule has 1 fully saturated rings. The van der Waals surface area contributed by atoms with Crippen LogP contribution < -0.4 is 10.1 Å². The van der Waals surface area contributed by atoms with Crippen LogP contribution in [0.25, 0.3) is 0 Å². The van der Waals surface area contributed by atoms with E-state index in [1.807, 2.05) is 43.3 Å². The number of carbonyl (C=O) groups excluding carboxylic acids is 1. The Labute approximate surface area is 155 Å². The first-order valence-corrected chi connectivity index (χ1v) is 9.72. The Morgan fingerprint density at radius 3 is 2.58 bits per heavy atom. The van der Waals surface area contributed by atoms with Crippen molar-refractivity contribution in [3.05, 3.63) is 64.7 Å². The molecule has 1 aliphatic carbocycles. The second-order valence-electron chi connectivity index (χ2n) is 7.91. The molecule has 1 amide bonds. The number of para-hydroxylation sites is 1. The maximum absolute atomic E-state index is 12.9. The van der Waals surface area contributed by atoms with Crippen molar-refractivity contribution < 1.29 is 9.53 Å². The quantitative estimate of drug-likeness (QED) is 0.803. The molecule has 0 saturated heterocycles. The van der Waals surface area contributed by atoms with Crippen LogP contribution in [-0.2, 0) is 0 Å². The lowest BCUT2D eigenvalue weighted by molar-refractivity contribution is -0.00209. The van der Waals surface area contributed by atoms with E-state index >= 15 is 0 Å². The number of hydrogen-bond donors (Lipinski definition) is 1. The zero-order valence-corrected chi connectivity index (χ0v) is 15.7. The van der Waals surface area contributed by atoms with Gasteiger partial charge >= 0.3 is 0 Å². The smallest absolute Gasteiger partial charge is 0.251 e. The molecule has 2 aromatic carbocycles. The first-order chi connectivity index (χ1) is 12.6. The summed E-state index contributed by atoms with van der Waals surface area (Å²) < 4.78 is 6.46. The summed E-state index contributed by atoms with van der Waals surface area (Å²) in [4.78, 5) is 12.9. The van der Waals surface area contributed by atoms with Gasteiger partial charge in [-0.15, -0.1) is 0 Å². The van der Waals surface area contributed by atoms with Gasteiger partial charge in [0.05, 0.1) is 6.04 Å². The Kier molecular flexibility index (Phi) is 4.47. The van der Waals surface area contributed by atoms with Crippen LogP contribution in [0.3, 0.4) is 0 Å². The molecule has 2 aromatic rings. The summed E-state index contributed by atoms with van der Waals surface area (Å²) in [6, 6.07) is 14.1. The Balaban J connectivity index is 1.61. The molecule has 3 heteroatoms. The molecule has 0 unspecified atom stereocenters. The van der Waals surface area contributed by atoms with Crippen molar-refractivity contribution >= 4 is 5.91 Å². The molecule has 26 heavy (non-hydrogen) atoms. The molecule has 3 nitrogen and oxygen atoms in total. The fraction of sp³-hybridized carbons (Fsp3) is 0.435. The summed E-state index contributed by atoms with van der Waals surface area (Å²) >= 11 is 0. The lowest BCUT2D eigenvalue weighted by atomic mass is 9.77. The average Bonchev–Trinajstić information content (AvgIpc) is 2.64. The molecule has 1 atom stereocenters. The van der Waals surface area contributed by atoms with Crippen LogP contribution in [0.4, 0.5) is 0 Å². The van der Waals surface area contributed by atoms with Crippen molar-refractivity contribution in [3.8, 4) is 5.75 Å². The number of carbonyl (C=O) groups is 1. The van der Waals surface area contributed by atoms with Crippen LogP contribution in [-0.4, -0.2) is 11.5 Å². The third-order valence-corrected chi connectivity index (χ3v) is 6.04. The molecule has 1 heterocycles. The van der Waals surface area contributed by atoms with Crippen LogP contribution in [0, 0.1) is 13.8 Å². The minimum absolute atomic E-state index is 0.000706. The minimum atomic E-state index is -0.117. The van der Waals surface area contributed by atoms with Gasteiger partial charge in [0.1, 0.15) is 11.4 Å². The lowest BCUT2D eigenvalue weighted by Gasteiger charge is -2.44. The highest BCUT2D eigenvalue weighted by atomic mass is 16.5. The molecule has 0 aromatic heterocycles. The molecular formula is C23H27NO2. The number of ether oxygens (including phenoxy) is 1. The van der Waals surface area contributed by atoms with Crippen molar-refractivity contribution in [3.63, 3.8) is 0 Å². The fourth-order valence-corrected chi connectivity index (χ4v) is 4.37. The number of rotatable bonds is 2. The Bertz CT molecular complexity index is 821. The zero-order valence-electron chi connectivity index (χ0n) is 15.7. The van der Waals surface area contributed by atoms with Gasteiger partial charge in [0.2, 0.25) is 0 Å². The molecule has 2 aliphatic rings. The van der Waals surface area contributed by atoms with Crippen LogP contribution >= 0.6 is 0 Å². The van der Waals surface area contributed by atoms with Crippen LogP contribution in [0.5, 0.6) is 5.75 Å². The number of amides is 1. The molecule has 1 aliphatic heterocycles. The van der Waals surface area contributed by atoms with Crippen LogP contribution in [0.15, 0.2) is 42.5 Å². The van der Waals surface area contributed by atoms with Crippen molar-refractivity contribution in [1.29, 1.82) is 0 Å². The summed E-state index contributed by atoms with van der Waals surface area (Å²) in [5, 5.41) is 3.29. The highest BCUT2D eigenvalue weighted by Crippen LogP contribution is 2.46. The van der Waals surface area contributed by atoms with E-state index in [0.717, 1.165) is 41.7 Å². The van der Waals surface area contributed by atoms with E-state index in [2.05, 4.69) is 18.3 Å². The van der Waals surface area contributed by atoms with Gasteiger partial charge in [-0.1, -0.05) is 30.7 Å². The monoisotopic (exact) mass is 349 g/mol. The van der Waals surface area contributed by atoms with Gasteiger partial charge in [0, 0.05) is 17.5 Å². The maximum atomic E-state index is 12.9. The normalized spacial score (nSPS) is 20.9. The van der Waals surface area contributed by atoms with Crippen molar-refractivity contribution in [1.82, 2.24) is 5.32 Å². The summed E-state index contributed by atoms with van der Waals surface area (Å²) in [6.07, 6.45) is 6.72. The molecule has 1 saturated carbocycles. The number of hydrogen-bond acceptors (Lipinski definition) is 2. The number of aryl methyl sites for hydroxylation is 2. The van der Waals surface area contributed by atoms with Gasteiger partial charge in [-0.05, 0) is 68.9 Å². The zero-order chi connectivity index (χ0) is 18.1. The third-order valence-electron chi connectivity index (χ3n) is 6.04. The first-order valence-electron chi connectivity index (χ1n) is 9.72. The van der Waals surface area contributed by atoms with Gasteiger partial charge in [-0.3, -0.25) is 4.79 Å². The predicted octanol–water partition coefficient (Wildman–Crippen LogP) is 5.26. The molecular weight excluding hydrogens is 322 g/mol. The summed E-state index contributed by atoms with van der Waals surface area (Å²) in [5.74, 6) is 0.937. The highest BCUT2D eigenvalue weighted by Gasteiger charge is 2.42. The van der Waals surface area contributed by atoms with E-state index in [0.29, 0.717) is 0 Å². The van der Waals surface area contributed by atoms with Crippen molar-refractivity contribution in [2.75, 3.05) is 0 Å². The topological polar surface area (TPSA) is 38.3 Å². The van der Waals surface area contributed by atoms with Gasteiger partial charge in [0.15, 0.2) is 0 Å². The van der Waals surface area contributed by atoms with Gasteiger partial charge in [-0.2, -0.15) is 0 Å². The second kappa shape index (κ2) is 6.79. The first kappa shape index (κ1) is 17.1. The summed E-state index contributed by atoms with van der Waals surface area (Å²) in [5.41, 5.74) is 4.07. The molecule has 1 N–H and O–H groups in total. The molecule has 1 spiro atoms. The van der Waals surface area contributed by atoms with E-state index < -0.39 is 0 Å². The van der Waals surface area contributed by atoms with Crippen molar-refractivity contribution in [2.24, 2.45) is 0 Å². The Hall–Kier alpha value is -2.29. The number of nitrogens with one attached hydrogen (secondary N) is 1. The maximum Gasteiger partial charge on any atom is 0.251 e. The average molecular weight is 349 g/mol. The lowest BCUT2D eigenvalue weighted by Crippen LogP contribution is -2.46. The van der Waals surface area contributed by atoms with Crippen LogP contribution in [0.2, 0.25) is 0 Å². The molecule has 0 bridgehead atoms. The number of fused-ring (bicyclic) bond motifs is 1. The van der Waals surface area contributed by atoms with Gasteiger partial charge < -0.3 is 10.1 Å². The standard InChI is InChI=1S/C23H27NO2/c1-16-10-11-18(14-17(16)2)22(25)24-20-15-23(12-6-3-7-13-23)26-21-9-5-4-8-19(20)21/h4-5,8-11,14,20H,3,6-7,12-13,15H2,1-2H3,(H,24,25)/t20-/m0/s1. The Morgan fingerprint density at radius 2 is 1.81 bits per heavy atom. The predicted molar refractivity (Wildman–Crippen MR) is 104 cm³/mol. The van der Waals surface area contributed by atoms with E-state index in [9.17, 15) is 4.79 Å². The van der Waals surface area contributed by atoms with Gasteiger partial charge in [0.25, 0.3) is 5.91 Å². The van der Waals surface area contributed by atoms with Crippen molar-refractivity contribution in [2.45, 2.75) is 64.0 Å².